The Kier molecular flexibility index (Phi) is 9.67. The fraction of sp³-hybridized carbons (Fsp3) is 0.300. The summed E-state index contributed by atoms with van der Waals surface area (Å²) in [5, 5.41) is 43.3. The first-order valence-electron chi connectivity index (χ1n) is 13.6. The van der Waals surface area contributed by atoms with E-state index in [0.717, 1.165) is 16.7 Å². The number of hydrogen-bond acceptors (Lipinski definition) is 10. The number of ether oxygens (including phenoxy) is 2. The van der Waals surface area contributed by atoms with Gasteiger partial charge in [-0.25, -0.2) is 0 Å². The van der Waals surface area contributed by atoms with Gasteiger partial charge in [-0.1, -0.05) is 55.1 Å². The van der Waals surface area contributed by atoms with Crippen molar-refractivity contribution in [3.63, 3.8) is 0 Å². The highest BCUT2D eigenvalue weighted by Crippen LogP contribution is 2.43. The van der Waals surface area contributed by atoms with Crippen LogP contribution in [0, 0.1) is 5.92 Å². The molecular formula is C30H31N5O7S. The third-order valence-corrected chi connectivity index (χ3v) is 8.08. The lowest BCUT2D eigenvalue weighted by Gasteiger charge is -2.41. The molecule has 1 fully saturated rings. The average Bonchev–Trinajstić information content (AvgIpc) is 3.49. The number of nitrogens with zero attached hydrogens (tertiary/aromatic N) is 4. The van der Waals surface area contributed by atoms with Crippen LogP contribution < -0.4 is 5.32 Å². The van der Waals surface area contributed by atoms with Gasteiger partial charge in [-0.15, -0.1) is 5.10 Å². The molecule has 1 saturated heterocycles. The van der Waals surface area contributed by atoms with Crippen molar-refractivity contribution in [1.82, 2.24) is 20.2 Å². The number of amides is 1. The van der Waals surface area contributed by atoms with E-state index >= 15 is 0 Å². The number of tetrazole rings is 1. The Balaban J connectivity index is 1.34. The van der Waals surface area contributed by atoms with Crippen LogP contribution in [-0.4, -0.2) is 59.3 Å². The summed E-state index contributed by atoms with van der Waals surface area (Å²) in [5.74, 6) is -0.811. The van der Waals surface area contributed by atoms with E-state index in [1.807, 2.05) is 24.3 Å². The molecule has 1 aliphatic rings. The molecule has 13 heteroatoms. The van der Waals surface area contributed by atoms with E-state index in [9.17, 15) is 19.8 Å². The second kappa shape index (κ2) is 13.8. The number of nitrogens with one attached hydrogen (secondary N) is 1. The van der Waals surface area contributed by atoms with Gasteiger partial charge < -0.3 is 30.1 Å². The van der Waals surface area contributed by atoms with Crippen LogP contribution in [0.1, 0.15) is 48.8 Å². The minimum absolute atomic E-state index is 0.0543. The van der Waals surface area contributed by atoms with E-state index in [2.05, 4.69) is 27.8 Å². The highest BCUT2D eigenvalue weighted by Gasteiger charge is 2.38. The van der Waals surface area contributed by atoms with Gasteiger partial charge in [0.25, 0.3) is 0 Å². The summed E-state index contributed by atoms with van der Waals surface area (Å²) in [7, 11) is 0. The SMILES string of the molecule is CC1C(CSc2nnnn2-c2ccc(O)cc2)OC(c2ccc(NC(=O)CCC(=O)O)cc2)OC1c1ccc(CO)cc1. The van der Waals surface area contributed by atoms with E-state index in [1.54, 1.807) is 53.2 Å². The largest absolute Gasteiger partial charge is 0.508 e. The molecule has 0 saturated carbocycles. The molecule has 3 aromatic carbocycles. The summed E-state index contributed by atoms with van der Waals surface area (Å²) in [6.07, 6.45) is -1.66. The molecule has 2 heterocycles. The van der Waals surface area contributed by atoms with E-state index < -0.39 is 12.3 Å². The minimum atomic E-state index is -1.03. The number of anilines is 1. The smallest absolute Gasteiger partial charge is 0.303 e. The Morgan fingerprint density at radius 1 is 0.953 bits per heavy atom. The van der Waals surface area contributed by atoms with Crippen LogP contribution in [0.4, 0.5) is 5.69 Å². The number of aliphatic carboxylic acids is 1. The van der Waals surface area contributed by atoms with Crippen LogP contribution in [0.25, 0.3) is 5.69 Å². The lowest BCUT2D eigenvalue weighted by atomic mass is 9.91. The van der Waals surface area contributed by atoms with Crippen molar-refractivity contribution in [2.45, 2.75) is 50.0 Å². The summed E-state index contributed by atoms with van der Waals surface area (Å²) < 4.78 is 14.6. The van der Waals surface area contributed by atoms with Gasteiger partial charge in [0.05, 0.1) is 30.9 Å². The van der Waals surface area contributed by atoms with Crippen molar-refractivity contribution in [2.24, 2.45) is 5.92 Å². The Labute approximate surface area is 251 Å². The number of aliphatic hydroxyl groups is 1. The zero-order valence-corrected chi connectivity index (χ0v) is 24.1. The van der Waals surface area contributed by atoms with E-state index in [1.165, 1.54) is 11.8 Å². The van der Waals surface area contributed by atoms with Gasteiger partial charge >= 0.3 is 5.97 Å². The molecule has 1 amide bonds. The minimum Gasteiger partial charge on any atom is -0.508 e. The van der Waals surface area contributed by atoms with Crippen molar-refractivity contribution >= 4 is 29.3 Å². The average molecular weight is 606 g/mol. The third kappa shape index (κ3) is 7.56. The number of aliphatic hydroxyl groups excluding tert-OH is 1. The van der Waals surface area contributed by atoms with Crippen molar-refractivity contribution in [3.8, 4) is 11.4 Å². The van der Waals surface area contributed by atoms with Gasteiger partial charge in [0, 0.05) is 29.3 Å². The molecular weight excluding hydrogens is 574 g/mol. The first-order valence-corrected chi connectivity index (χ1v) is 14.6. The molecule has 5 rings (SSSR count). The highest BCUT2D eigenvalue weighted by atomic mass is 32.2. The van der Waals surface area contributed by atoms with Crippen molar-refractivity contribution in [1.29, 1.82) is 0 Å². The maximum absolute atomic E-state index is 12.1. The van der Waals surface area contributed by atoms with Crippen LogP contribution in [0.3, 0.4) is 0 Å². The summed E-state index contributed by atoms with van der Waals surface area (Å²) in [6, 6.07) is 21.3. The third-order valence-electron chi connectivity index (χ3n) is 7.07. The molecule has 43 heavy (non-hydrogen) atoms. The second-order valence-electron chi connectivity index (χ2n) is 10.1. The van der Waals surface area contributed by atoms with Crippen molar-refractivity contribution < 1.29 is 34.4 Å². The molecule has 0 radical (unpaired) electrons. The molecule has 4 atom stereocenters. The Bertz CT molecular complexity index is 1530. The molecule has 4 N–H and O–H groups in total. The molecule has 4 unspecified atom stereocenters. The normalized spacial score (nSPS) is 20.0. The van der Waals surface area contributed by atoms with E-state index in [4.69, 9.17) is 14.6 Å². The second-order valence-corrected chi connectivity index (χ2v) is 11.1. The van der Waals surface area contributed by atoms with Gasteiger partial charge in [0.2, 0.25) is 11.1 Å². The number of carboxylic acid groups (broad SMARTS) is 1. The number of carboxylic acids is 1. The zero-order chi connectivity index (χ0) is 30.3. The fourth-order valence-electron chi connectivity index (χ4n) is 4.66. The number of benzene rings is 3. The van der Waals surface area contributed by atoms with E-state index in [0.29, 0.717) is 22.3 Å². The number of hydrogen-bond donors (Lipinski definition) is 4. The van der Waals surface area contributed by atoms with Crippen LogP contribution in [0.15, 0.2) is 78.0 Å². The van der Waals surface area contributed by atoms with Gasteiger partial charge in [-0.05, 0) is 58.0 Å². The molecule has 1 aliphatic heterocycles. The van der Waals surface area contributed by atoms with Gasteiger partial charge in [0.1, 0.15) is 5.75 Å². The van der Waals surface area contributed by atoms with Gasteiger partial charge in [-0.3, -0.25) is 9.59 Å². The maximum atomic E-state index is 12.1. The topological polar surface area (TPSA) is 169 Å². The number of thioether (sulfide) groups is 1. The number of carbonyl (C=O) groups excluding carboxylic acids is 1. The predicted molar refractivity (Wildman–Crippen MR) is 156 cm³/mol. The molecule has 0 aliphatic carbocycles. The Morgan fingerprint density at radius 2 is 1.65 bits per heavy atom. The Morgan fingerprint density at radius 3 is 2.33 bits per heavy atom. The van der Waals surface area contributed by atoms with Crippen LogP contribution in [0.5, 0.6) is 5.75 Å². The first kappa shape index (κ1) is 30.2. The fourth-order valence-corrected chi connectivity index (χ4v) is 5.71. The molecule has 0 bridgehead atoms. The monoisotopic (exact) mass is 605 g/mol. The number of phenolic OH excluding ortho intramolecular Hbond substituents is 1. The van der Waals surface area contributed by atoms with E-state index in [-0.39, 0.29) is 49.2 Å². The summed E-state index contributed by atoms with van der Waals surface area (Å²) in [5.41, 5.74) is 3.74. The number of rotatable bonds is 11. The van der Waals surface area contributed by atoms with Crippen molar-refractivity contribution in [2.75, 3.05) is 11.1 Å². The van der Waals surface area contributed by atoms with Gasteiger partial charge in [-0.2, -0.15) is 4.68 Å². The van der Waals surface area contributed by atoms with Crippen LogP contribution in [-0.2, 0) is 25.7 Å². The molecule has 1 aromatic heterocycles. The maximum Gasteiger partial charge on any atom is 0.303 e. The Hall–Kier alpha value is -4.30. The number of aromatic hydroxyl groups is 1. The number of aromatic nitrogens is 4. The highest BCUT2D eigenvalue weighted by molar-refractivity contribution is 7.99. The molecule has 12 nitrogen and oxygen atoms in total. The summed E-state index contributed by atoms with van der Waals surface area (Å²) in [4.78, 5) is 22.8. The zero-order valence-electron chi connectivity index (χ0n) is 23.2. The molecule has 0 spiro atoms. The number of phenols is 1. The quantitative estimate of drug-likeness (QED) is 0.180. The van der Waals surface area contributed by atoms with Gasteiger partial charge in [0.15, 0.2) is 6.29 Å². The lowest BCUT2D eigenvalue weighted by Crippen LogP contribution is -2.38. The van der Waals surface area contributed by atoms with Crippen LogP contribution >= 0.6 is 11.8 Å². The standard InChI is InChI=1S/C30H31N5O7S/c1-18-25(17-43-30-32-33-34-35(30)23-10-12-24(37)13-11-23)41-29(42-28(18)20-4-2-19(16-36)3-5-20)21-6-8-22(9-7-21)31-26(38)14-15-27(39)40/h2-13,18,25,28-29,36-37H,14-17H2,1H3,(H,31,38)(H,39,40). The number of carbonyl (C=O) groups is 2. The van der Waals surface area contributed by atoms with Crippen LogP contribution in [0.2, 0.25) is 0 Å². The lowest BCUT2D eigenvalue weighted by molar-refractivity contribution is -0.268. The summed E-state index contributed by atoms with van der Waals surface area (Å²) >= 11 is 1.44. The predicted octanol–water partition coefficient (Wildman–Crippen LogP) is 4.25. The molecule has 224 valence electrons. The summed E-state index contributed by atoms with van der Waals surface area (Å²) in [6.45, 7) is 2.01. The molecule has 4 aromatic rings. The first-order chi connectivity index (χ1) is 20.8. The van der Waals surface area contributed by atoms with Crippen molar-refractivity contribution in [3.05, 3.63) is 89.5 Å².